The van der Waals surface area contributed by atoms with E-state index in [1.54, 1.807) is 0 Å². The summed E-state index contributed by atoms with van der Waals surface area (Å²) >= 11 is 0. The molecule has 0 aliphatic carbocycles. The molecule has 1 N–H and O–H groups in total. The first-order valence-electron chi connectivity index (χ1n) is 7.01. The molecule has 1 aliphatic heterocycles. The van der Waals surface area contributed by atoms with Crippen LogP contribution in [-0.4, -0.2) is 26.8 Å². The van der Waals surface area contributed by atoms with Gasteiger partial charge >= 0.3 is 6.18 Å². The minimum absolute atomic E-state index is 0.0814. The van der Waals surface area contributed by atoms with Crippen LogP contribution in [0.15, 0.2) is 12.1 Å². The van der Waals surface area contributed by atoms with Crippen LogP contribution in [0.2, 0.25) is 0 Å². The average molecular weight is 303 g/mol. The summed E-state index contributed by atoms with van der Waals surface area (Å²) in [6.07, 6.45) is -1.04. The molecule has 1 heterocycles. The van der Waals surface area contributed by atoms with Crippen molar-refractivity contribution in [3.8, 4) is 11.5 Å². The van der Waals surface area contributed by atoms with Crippen molar-refractivity contribution in [3.63, 3.8) is 0 Å². The summed E-state index contributed by atoms with van der Waals surface area (Å²) in [5, 5.41) is 3.27. The van der Waals surface area contributed by atoms with E-state index in [-0.39, 0.29) is 17.4 Å². The number of piperidine rings is 1. The molecule has 1 unspecified atom stereocenters. The van der Waals surface area contributed by atoms with Crippen molar-refractivity contribution in [1.82, 2.24) is 5.32 Å². The molecular weight excluding hydrogens is 283 g/mol. The summed E-state index contributed by atoms with van der Waals surface area (Å²) in [6.45, 7) is 0.860. The van der Waals surface area contributed by atoms with Gasteiger partial charge < -0.3 is 14.8 Å². The molecule has 1 saturated heterocycles. The Hall–Kier alpha value is -1.43. The third-order valence-electron chi connectivity index (χ3n) is 3.79. The van der Waals surface area contributed by atoms with E-state index in [9.17, 15) is 13.2 Å². The molecule has 0 spiro atoms. The van der Waals surface area contributed by atoms with Crippen molar-refractivity contribution in [2.45, 2.75) is 37.9 Å². The van der Waals surface area contributed by atoms with E-state index in [2.05, 4.69) is 5.32 Å². The fourth-order valence-electron chi connectivity index (χ4n) is 2.72. The Balaban J connectivity index is 2.36. The number of rotatable bonds is 4. The third kappa shape index (κ3) is 3.81. The van der Waals surface area contributed by atoms with Gasteiger partial charge in [-0.15, -0.1) is 0 Å². The Morgan fingerprint density at radius 3 is 2.33 bits per heavy atom. The van der Waals surface area contributed by atoms with E-state index >= 15 is 0 Å². The smallest absolute Gasteiger partial charge is 0.416 e. The van der Waals surface area contributed by atoms with Gasteiger partial charge in [0.15, 0.2) is 11.5 Å². The zero-order chi connectivity index (χ0) is 15.5. The quantitative estimate of drug-likeness (QED) is 0.924. The summed E-state index contributed by atoms with van der Waals surface area (Å²) in [5.41, 5.74) is -0.396. The molecule has 1 aromatic carbocycles. The van der Waals surface area contributed by atoms with Gasteiger partial charge in [-0.25, -0.2) is 0 Å². The van der Waals surface area contributed by atoms with Gasteiger partial charge in [-0.2, -0.15) is 13.2 Å². The van der Waals surface area contributed by atoms with Crippen LogP contribution in [0.3, 0.4) is 0 Å². The lowest BCUT2D eigenvalue weighted by atomic mass is 9.94. The molecule has 6 heteroatoms. The zero-order valence-electron chi connectivity index (χ0n) is 12.2. The maximum Gasteiger partial charge on any atom is 0.416 e. The van der Waals surface area contributed by atoms with Gasteiger partial charge in [-0.3, -0.25) is 0 Å². The van der Waals surface area contributed by atoms with Crippen LogP contribution < -0.4 is 14.8 Å². The first-order chi connectivity index (χ1) is 9.95. The van der Waals surface area contributed by atoms with Crippen molar-refractivity contribution in [2.75, 3.05) is 20.8 Å². The second kappa shape index (κ2) is 6.56. The molecule has 0 aromatic heterocycles. The lowest BCUT2D eigenvalue weighted by molar-refractivity contribution is -0.138. The molecule has 0 radical (unpaired) electrons. The lowest BCUT2D eigenvalue weighted by Gasteiger charge is -2.25. The largest absolute Gasteiger partial charge is 0.493 e. The van der Waals surface area contributed by atoms with Crippen LogP contribution in [0.5, 0.6) is 11.5 Å². The molecule has 1 atom stereocenters. The topological polar surface area (TPSA) is 30.5 Å². The second-order valence-electron chi connectivity index (χ2n) is 5.21. The van der Waals surface area contributed by atoms with E-state index in [4.69, 9.17) is 9.47 Å². The van der Waals surface area contributed by atoms with Gasteiger partial charge in [-0.1, -0.05) is 6.42 Å². The third-order valence-corrected chi connectivity index (χ3v) is 3.79. The van der Waals surface area contributed by atoms with E-state index in [1.165, 1.54) is 20.3 Å². The minimum atomic E-state index is -4.40. The molecular formula is C15H20F3NO2. The van der Waals surface area contributed by atoms with Crippen LogP contribution in [0.1, 0.15) is 30.4 Å². The van der Waals surface area contributed by atoms with Crippen LogP contribution >= 0.6 is 0 Å². The highest BCUT2D eigenvalue weighted by molar-refractivity contribution is 5.48. The molecule has 1 aromatic rings. The van der Waals surface area contributed by atoms with Crippen LogP contribution in [0, 0.1) is 0 Å². The normalized spacial score (nSPS) is 19.4. The Labute approximate surface area is 122 Å². The number of nitrogens with one attached hydrogen (secondary N) is 1. The summed E-state index contributed by atoms with van der Waals surface area (Å²) in [4.78, 5) is 0. The van der Waals surface area contributed by atoms with Crippen LogP contribution in [0.25, 0.3) is 0 Å². The summed E-state index contributed by atoms with van der Waals surface area (Å²) in [5.74, 6) is 0.432. The maximum absolute atomic E-state index is 13.2. The van der Waals surface area contributed by atoms with Crippen molar-refractivity contribution in [1.29, 1.82) is 0 Å². The molecule has 1 aliphatic rings. The second-order valence-corrected chi connectivity index (χ2v) is 5.21. The molecule has 0 bridgehead atoms. The highest BCUT2D eigenvalue weighted by Crippen LogP contribution is 2.39. The number of methoxy groups -OCH3 is 2. The molecule has 0 amide bonds. The monoisotopic (exact) mass is 303 g/mol. The number of hydrogen-bond donors (Lipinski definition) is 1. The van der Waals surface area contributed by atoms with Gasteiger partial charge in [0.25, 0.3) is 0 Å². The molecule has 2 rings (SSSR count). The first kappa shape index (κ1) is 15.9. The number of ether oxygens (including phenoxy) is 2. The van der Waals surface area contributed by atoms with Crippen molar-refractivity contribution >= 4 is 0 Å². The zero-order valence-corrected chi connectivity index (χ0v) is 12.2. The first-order valence-corrected chi connectivity index (χ1v) is 7.01. The summed E-state index contributed by atoms with van der Waals surface area (Å²) < 4.78 is 49.8. The van der Waals surface area contributed by atoms with Crippen molar-refractivity contribution in [3.05, 3.63) is 23.3 Å². The Morgan fingerprint density at radius 2 is 1.81 bits per heavy atom. The maximum atomic E-state index is 13.2. The van der Waals surface area contributed by atoms with Gasteiger partial charge in [0, 0.05) is 6.04 Å². The van der Waals surface area contributed by atoms with Crippen LogP contribution in [-0.2, 0) is 12.6 Å². The minimum Gasteiger partial charge on any atom is -0.493 e. The molecule has 0 saturated carbocycles. The standard InChI is InChI=1S/C15H20F3NO2/c1-20-13-8-10(7-11-5-3-4-6-19-11)12(15(16,17)18)9-14(13)21-2/h8-9,11,19H,3-7H2,1-2H3. The van der Waals surface area contributed by atoms with Crippen LogP contribution in [0.4, 0.5) is 13.2 Å². The lowest BCUT2D eigenvalue weighted by Crippen LogP contribution is -2.36. The number of benzene rings is 1. The number of hydrogen-bond acceptors (Lipinski definition) is 3. The van der Waals surface area contributed by atoms with E-state index in [0.29, 0.717) is 12.2 Å². The Kier molecular flexibility index (Phi) is 4.98. The van der Waals surface area contributed by atoms with E-state index in [1.807, 2.05) is 0 Å². The van der Waals surface area contributed by atoms with Gasteiger partial charge in [0.2, 0.25) is 0 Å². The fraction of sp³-hybridized carbons (Fsp3) is 0.600. The molecule has 3 nitrogen and oxygen atoms in total. The highest BCUT2D eigenvalue weighted by atomic mass is 19.4. The molecule has 21 heavy (non-hydrogen) atoms. The summed E-state index contributed by atoms with van der Waals surface area (Å²) in [7, 11) is 2.76. The van der Waals surface area contributed by atoms with Gasteiger partial charge in [-0.05, 0) is 43.5 Å². The predicted octanol–water partition coefficient (Wildman–Crippen LogP) is 3.41. The average Bonchev–Trinajstić information content (AvgIpc) is 2.46. The van der Waals surface area contributed by atoms with E-state index < -0.39 is 11.7 Å². The fourth-order valence-corrected chi connectivity index (χ4v) is 2.72. The Bertz CT molecular complexity index is 483. The van der Waals surface area contributed by atoms with Gasteiger partial charge in [0.05, 0.1) is 19.8 Å². The predicted molar refractivity (Wildman–Crippen MR) is 73.9 cm³/mol. The Morgan fingerprint density at radius 1 is 1.14 bits per heavy atom. The highest BCUT2D eigenvalue weighted by Gasteiger charge is 2.35. The van der Waals surface area contributed by atoms with Gasteiger partial charge in [0.1, 0.15) is 0 Å². The van der Waals surface area contributed by atoms with E-state index in [0.717, 1.165) is 31.9 Å². The number of alkyl halides is 3. The molecule has 1 fully saturated rings. The number of halogens is 3. The summed E-state index contributed by atoms with van der Waals surface area (Å²) in [6, 6.07) is 2.55. The SMILES string of the molecule is COc1cc(CC2CCCCN2)c(C(F)(F)F)cc1OC. The van der Waals surface area contributed by atoms with Crippen molar-refractivity contribution < 1.29 is 22.6 Å². The molecule has 118 valence electrons. The van der Waals surface area contributed by atoms with Crippen molar-refractivity contribution in [2.24, 2.45) is 0 Å².